The monoisotopic (exact) mass is 657 g/mol. The van der Waals surface area contributed by atoms with Crippen molar-refractivity contribution >= 4 is 52.4 Å². The van der Waals surface area contributed by atoms with E-state index in [1.165, 1.54) is 10.8 Å². The summed E-state index contributed by atoms with van der Waals surface area (Å²) < 4.78 is 29.0. The lowest BCUT2D eigenvalue weighted by Gasteiger charge is -2.21. The van der Waals surface area contributed by atoms with Crippen molar-refractivity contribution in [2.75, 3.05) is 64.7 Å². The lowest BCUT2D eigenvalue weighted by Crippen LogP contribution is -2.30. The summed E-state index contributed by atoms with van der Waals surface area (Å²) in [5.41, 5.74) is 5.71. The van der Waals surface area contributed by atoms with Gasteiger partial charge in [-0.15, -0.1) is 11.8 Å². The van der Waals surface area contributed by atoms with Gasteiger partial charge in [-0.05, 0) is 43.6 Å². The molecule has 1 heterocycles. The van der Waals surface area contributed by atoms with Crippen LogP contribution in [0, 0.1) is 11.7 Å². The van der Waals surface area contributed by atoms with Gasteiger partial charge in [0.25, 0.3) is 5.91 Å². The lowest BCUT2D eigenvalue weighted by molar-refractivity contribution is -0.126. The molecule has 0 spiro atoms. The molecule has 240 valence electrons. The van der Waals surface area contributed by atoms with Crippen LogP contribution in [0.3, 0.4) is 0 Å². The Morgan fingerprint density at radius 2 is 2.14 bits per heavy atom. The van der Waals surface area contributed by atoms with Crippen molar-refractivity contribution in [1.82, 2.24) is 10.6 Å². The number of carbonyl (C=O) groups excluding carboxylic acids is 2. The molecule has 2 rings (SSSR count). The predicted octanol–water partition coefficient (Wildman–Crippen LogP) is 1.23. The summed E-state index contributed by atoms with van der Waals surface area (Å²) in [4.78, 5) is 24.2. The van der Waals surface area contributed by atoms with Crippen LogP contribution >= 0.6 is 33.3 Å². The maximum Gasteiger partial charge on any atom is 0.251 e. The number of amides is 2. The molecule has 2 amide bonds. The number of carbonyl (C=O) groups is 2. The number of rotatable bonds is 21. The van der Waals surface area contributed by atoms with Crippen LogP contribution in [0.4, 0.5) is 0 Å². The Morgan fingerprint density at radius 1 is 1.30 bits per heavy atom. The van der Waals surface area contributed by atoms with Gasteiger partial charge in [0.15, 0.2) is 0 Å². The maximum atomic E-state index is 12.1. The van der Waals surface area contributed by atoms with Crippen molar-refractivity contribution in [1.29, 1.82) is 0 Å². The second kappa shape index (κ2) is 22.8. The molecular weight excluding hydrogens is 613 g/mol. The normalized spacial score (nSPS) is 19.1. The number of nitrogens with one attached hydrogen (secondary N) is 2. The molecule has 0 aromatic heterocycles. The maximum absolute atomic E-state index is 12.1. The van der Waals surface area contributed by atoms with Crippen molar-refractivity contribution in [2.24, 2.45) is 5.73 Å². The zero-order valence-electron chi connectivity index (χ0n) is 25.1. The van der Waals surface area contributed by atoms with E-state index in [-0.39, 0.29) is 80.5 Å². The Morgan fingerprint density at radius 3 is 2.88 bits per heavy atom. The Balaban J connectivity index is 1.60. The molecule has 0 bridgehead atoms. The first kappa shape index (κ1) is 37.6. The number of aliphatic hydroxyl groups is 1. The van der Waals surface area contributed by atoms with E-state index < -0.39 is 0 Å². The standard InChI is InChI=1S/C28H44BN3O8S3/c1-4-42-20(2)39-23-16-25(40-24(23)17-33)29-9-6-11-31-26(34)18-36-13-14-37-27(43-41-3)19-38-22-8-5-7-21(15-22)28(35)32-12-10-30/h5,7-8,15,20,23-25,27,29,33H,4,10-14,16-19,30H2,1-3H3,(H,31,34)(H,32,35)/t20-,23+,24?,25+,27?/m0/s1. The van der Waals surface area contributed by atoms with E-state index in [2.05, 4.69) is 29.3 Å². The smallest absolute Gasteiger partial charge is 0.251 e. The van der Waals surface area contributed by atoms with Gasteiger partial charge in [0.2, 0.25) is 13.2 Å². The van der Waals surface area contributed by atoms with Crippen LogP contribution in [-0.4, -0.2) is 118 Å². The fourth-order valence-corrected chi connectivity index (χ4v) is 6.15. The van der Waals surface area contributed by atoms with Gasteiger partial charge in [0.05, 0.1) is 32.5 Å². The van der Waals surface area contributed by atoms with Gasteiger partial charge >= 0.3 is 0 Å². The van der Waals surface area contributed by atoms with Crippen LogP contribution in [0.25, 0.3) is 0 Å². The highest BCUT2D eigenvalue weighted by atomic mass is 33.1. The molecule has 1 aromatic carbocycles. The molecule has 43 heavy (non-hydrogen) atoms. The van der Waals surface area contributed by atoms with Gasteiger partial charge in [-0.2, -0.15) is 5.82 Å². The van der Waals surface area contributed by atoms with Crippen molar-refractivity contribution < 1.29 is 38.4 Å². The first-order valence-electron chi connectivity index (χ1n) is 14.3. The van der Waals surface area contributed by atoms with Crippen LogP contribution in [0.15, 0.2) is 24.3 Å². The predicted molar refractivity (Wildman–Crippen MR) is 176 cm³/mol. The number of hydrogen-bond acceptors (Lipinski definition) is 12. The third-order valence-electron chi connectivity index (χ3n) is 5.93. The highest BCUT2D eigenvalue weighted by Crippen LogP contribution is 2.27. The molecule has 0 aliphatic carbocycles. The molecule has 11 nitrogen and oxygen atoms in total. The van der Waals surface area contributed by atoms with Crippen LogP contribution in [0.5, 0.6) is 5.75 Å². The molecule has 1 aromatic rings. The summed E-state index contributed by atoms with van der Waals surface area (Å²) in [6.07, 6.45) is 2.14. The van der Waals surface area contributed by atoms with Gasteiger partial charge < -0.3 is 45.2 Å². The fraction of sp³-hybridized carbons (Fsp3) is 0.643. The minimum absolute atomic E-state index is 0.0449. The zero-order chi connectivity index (χ0) is 31.3. The molecule has 15 heteroatoms. The molecule has 2 unspecified atom stereocenters. The van der Waals surface area contributed by atoms with Gasteiger partial charge in [0, 0.05) is 24.7 Å². The van der Waals surface area contributed by atoms with Crippen LogP contribution < -0.4 is 21.1 Å². The topological polar surface area (TPSA) is 151 Å². The minimum atomic E-state index is -0.340. The van der Waals surface area contributed by atoms with E-state index in [1.807, 2.05) is 13.2 Å². The third kappa shape index (κ3) is 15.8. The van der Waals surface area contributed by atoms with Crippen LogP contribution in [0.2, 0.25) is 0 Å². The number of aliphatic hydroxyl groups excluding tert-OH is 1. The van der Waals surface area contributed by atoms with Crippen molar-refractivity contribution in [2.45, 2.75) is 49.4 Å². The summed E-state index contributed by atoms with van der Waals surface area (Å²) in [5.74, 6) is 7.01. The number of hydrogen-bond donors (Lipinski definition) is 4. The summed E-state index contributed by atoms with van der Waals surface area (Å²) in [7, 11) is 3.56. The summed E-state index contributed by atoms with van der Waals surface area (Å²) in [5, 5.41) is 15.0. The molecule has 1 aliphatic rings. The highest BCUT2D eigenvalue weighted by molar-refractivity contribution is 8.76. The van der Waals surface area contributed by atoms with E-state index in [9.17, 15) is 14.7 Å². The number of thioether (sulfide) groups is 1. The molecule has 1 aliphatic heterocycles. The lowest BCUT2D eigenvalue weighted by atomic mass is 9.71. The van der Waals surface area contributed by atoms with Crippen molar-refractivity contribution in [3.05, 3.63) is 29.8 Å². The Kier molecular flexibility index (Phi) is 20.0. The van der Waals surface area contributed by atoms with E-state index >= 15 is 0 Å². The number of nitrogens with two attached hydrogens (primary N) is 1. The van der Waals surface area contributed by atoms with Crippen molar-refractivity contribution in [3.8, 4) is 17.5 Å². The zero-order valence-corrected chi connectivity index (χ0v) is 27.5. The summed E-state index contributed by atoms with van der Waals surface area (Å²) >= 11 is 1.71. The fourth-order valence-electron chi connectivity index (χ4n) is 3.99. The SMILES string of the molecule is CCS[C@@H](C)O[C@@H]1C[C@H](BC#CCNC(=O)COCCOC(COc2cccc(C(=O)NCCN)c2)SSC)OC1CO. The first-order valence-corrected chi connectivity index (χ1v) is 17.9. The third-order valence-corrected chi connectivity index (χ3v) is 8.75. The van der Waals surface area contributed by atoms with Crippen molar-refractivity contribution in [3.63, 3.8) is 0 Å². The van der Waals surface area contributed by atoms with E-state index in [4.69, 9.17) is 29.4 Å². The van der Waals surface area contributed by atoms with Gasteiger partial charge in [0.1, 0.15) is 35.9 Å². The van der Waals surface area contributed by atoms with E-state index in [0.29, 0.717) is 38.1 Å². The van der Waals surface area contributed by atoms with Gasteiger partial charge in [-0.1, -0.05) is 40.5 Å². The average Bonchev–Trinajstić information content (AvgIpc) is 3.39. The highest BCUT2D eigenvalue weighted by Gasteiger charge is 2.36. The largest absolute Gasteiger partial charge is 0.490 e. The quantitative estimate of drug-likeness (QED) is 0.0495. The Labute approximate surface area is 267 Å². The second-order valence-electron chi connectivity index (χ2n) is 9.25. The molecule has 0 saturated carbocycles. The molecule has 5 atom stereocenters. The average molecular weight is 658 g/mol. The number of benzene rings is 1. The molecular formula is C28H44BN3O8S3. The van der Waals surface area contributed by atoms with Gasteiger partial charge in [-0.3, -0.25) is 9.59 Å². The first-order chi connectivity index (χ1) is 20.9. The molecule has 0 radical (unpaired) electrons. The number of ether oxygens (including phenoxy) is 5. The molecule has 1 fully saturated rings. The molecule has 5 N–H and O–H groups in total. The van der Waals surface area contributed by atoms with E-state index in [1.54, 1.807) is 46.8 Å². The Hall–Kier alpha value is -1.61. The summed E-state index contributed by atoms with van der Waals surface area (Å²) in [6.45, 7) is 5.68. The van der Waals surface area contributed by atoms with Crippen LogP contribution in [-0.2, 0) is 23.7 Å². The second-order valence-corrected chi connectivity index (χ2v) is 13.4. The van der Waals surface area contributed by atoms with Gasteiger partial charge in [-0.25, -0.2) is 0 Å². The van der Waals surface area contributed by atoms with Crippen LogP contribution in [0.1, 0.15) is 30.6 Å². The Bertz CT molecular complexity index is 1020. The summed E-state index contributed by atoms with van der Waals surface area (Å²) in [6, 6.07) is 6.81. The van der Waals surface area contributed by atoms with E-state index in [0.717, 1.165) is 5.75 Å². The molecule has 1 saturated heterocycles. The minimum Gasteiger partial charge on any atom is -0.490 e.